The first-order valence-corrected chi connectivity index (χ1v) is 6.77. The summed E-state index contributed by atoms with van der Waals surface area (Å²) in [5, 5.41) is 11.3. The summed E-state index contributed by atoms with van der Waals surface area (Å²) in [5.74, 6) is 0. The molecule has 2 heterocycles. The van der Waals surface area contributed by atoms with E-state index in [0.717, 1.165) is 10.3 Å². The van der Waals surface area contributed by atoms with Crippen LogP contribution in [0.15, 0.2) is 21.9 Å². The molecule has 1 N–H and O–H groups in total. The van der Waals surface area contributed by atoms with Crippen molar-refractivity contribution < 1.29 is 0 Å². The first-order chi connectivity index (χ1) is 9.88. The highest BCUT2D eigenvalue weighted by Crippen LogP contribution is 1.98. The molecule has 0 unspecified atom stereocenters. The third kappa shape index (κ3) is 3.46. The van der Waals surface area contributed by atoms with E-state index in [4.69, 9.17) is 0 Å². The smallest absolute Gasteiger partial charge is 0.309 e. The topological polar surface area (TPSA) is 86.7 Å². The highest BCUT2D eigenvalue weighted by molar-refractivity contribution is 5.03. The van der Waals surface area contributed by atoms with Crippen LogP contribution < -0.4 is 16.6 Å². The summed E-state index contributed by atoms with van der Waals surface area (Å²) >= 11 is 0. The molecule has 114 valence electrons. The Morgan fingerprint density at radius 1 is 1.24 bits per heavy atom. The maximum Gasteiger partial charge on any atom is 0.330 e. The number of rotatable bonds is 5. The van der Waals surface area contributed by atoms with E-state index in [1.54, 1.807) is 17.9 Å². The van der Waals surface area contributed by atoms with Gasteiger partial charge in [-0.2, -0.15) is 0 Å². The first kappa shape index (κ1) is 15.2. The van der Waals surface area contributed by atoms with Gasteiger partial charge >= 0.3 is 5.69 Å². The van der Waals surface area contributed by atoms with Crippen LogP contribution in [0.25, 0.3) is 0 Å². The van der Waals surface area contributed by atoms with Gasteiger partial charge in [-0.1, -0.05) is 19.1 Å². The lowest BCUT2D eigenvalue weighted by atomic mass is 10.3. The fourth-order valence-corrected chi connectivity index (χ4v) is 1.90. The second-order valence-electron chi connectivity index (χ2n) is 5.32. The second-order valence-corrected chi connectivity index (χ2v) is 5.32. The van der Waals surface area contributed by atoms with E-state index >= 15 is 0 Å². The van der Waals surface area contributed by atoms with E-state index in [1.807, 2.05) is 0 Å². The van der Waals surface area contributed by atoms with Crippen LogP contribution in [0.3, 0.4) is 0 Å². The SMILES string of the molecule is CC(C)NCc1cn(Cc2cc(=O)n(C)c(=O)n2C)nn1. The number of aromatic nitrogens is 5. The van der Waals surface area contributed by atoms with Crippen LogP contribution in [0.1, 0.15) is 25.2 Å². The Bertz CT molecular complexity index is 740. The average molecular weight is 292 g/mol. The molecule has 0 spiro atoms. The summed E-state index contributed by atoms with van der Waals surface area (Å²) in [4.78, 5) is 23.5. The average Bonchev–Trinajstić information content (AvgIpc) is 2.88. The highest BCUT2D eigenvalue weighted by atomic mass is 16.2. The van der Waals surface area contributed by atoms with Crippen molar-refractivity contribution in [3.05, 3.63) is 44.5 Å². The standard InChI is InChI=1S/C13H20N6O2/c1-9(2)14-6-10-7-19(16-15-10)8-11-5-12(20)18(4)13(21)17(11)3/h5,7,9,14H,6,8H2,1-4H3. The van der Waals surface area contributed by atoms with Gasteiger partial charge in [-0.15, -0.1) is 5.10 Å². The van der Waals surface area contributed by atoms with Crippen molar-refractivity contribution in [2.45, 2.75) is 33.0 Å². The van der Waals surface area contributed by atoms with Crippen molar-refractivity contribution in [2.75, 3.05) is 0 Å². The lowest BCUT2D eigenvalue weighted by Crippen LogP contribution is -2.38. The van der Waals surface area contributed by atoms with Gasteiger partial charge in [-0.25, -0.2) is 9.48 Å². The van der Waals surface area contributed by atoms with Crippen LogP contribution in [0.4, 0.5) is 0 Å². The molecule has 0 amide bonds. The van der Waals surface area contributed by atoms with Gasteiger partial charge in [0.15, 0.2) is 0 Å². The summed E-state index contributed by atoms with van der Waals surface area (Å²) in [6.45, 7) is 5.07. The molecule has 0 radical (unpaired) electrons. The number of hydrogen-bond donors (Lipinski definition) is 1. The van der Waals surface area contributed by atoms with Crippen LogP contribution >= 0.6 is 0 Å². The molecule has 0 aliphatic heterocycles. The van der Waals surface area contributed by atoms with Gasteiger partial charge < -0.3 is 5.32 Å². The Morgan fingerprint density at radius 2 is 1.95 bits per heavy atom. The molecule has 2 rings (SSSR count). The number of hydrogen-bond acceptors (Lipinski definition) is 5. The molecule has 0 aromatic carbocycles. The normalized spacial score (nSPS) is 11.3. The van der Waals surface area contributed by atoms with Gasteiger partial charge in [-0.05, 0) is 0 Å². The van der Waals surface area contributed by atoms with Crippen molar-refractivity contribution in [3.8, 4) is 0 Å². The minimum absolute atomic E-state index is 0.324. The first-order valence-electron chi connectivity index (χ1n) is 6.77. The molecule has 21 heavy (non-hydrogen) atoms. The molecular formula is C13H20N6O2. The van der Waals surface area contributed by atoms with Crippen molar-refractivity contribution in [3.63, 3.8) is 0 Å². The van der Waals surface area contributed by atoms with Crippen molar-refractivity contribution in [2.24, 2.45) is 14.1 Å². The van der Waals surface area contributed by atoms with E-state index in [9.17, 15) is 9.59 Å². The molecule has 8 heteroatoms. The number of nitrogens with zero attached hydrogens (tertiary/aromatic N) is 5. The van der Waals surface area contributed by atoms with Crippen LogP contribution in [0.2, 0.25) is 0 Å². The highest BCUT2D eigenvalue weighted by Gasteiger charge is 2.08. The molecule has 0 fully saturated rings. The monoisotopic (exact) mass is 292 g/mol. The van der Waals surface area contributed by atoms with Gasteiger partial charge in [0.1, 0.15) is 0 Å². The van der Waals surface area contributed by atoms with E-state index in [-0.39, 0.29) is 11.2 Å². The van der Waals surface area contributed by atoms with E-state index in [2.05, 4.69) is 29.5 Å². The summed E-state index contributed by atoms with van der Waals surface area (Å²) in [7, 11) is 3.09. The Hall–Kier alpha value is -2.22. The summed E-state index contributed by atoms with van der Waals surface area (Å²) < 4.78 is 4.13. The Kier molecular flexibility index (Phi) is 4.37. The third-order valence-electron chi connectivity index (χ3n) is 3.23. The van der Waals surface area contributed by atoms with Crippen LogP contribution in [-0.4, -0.2) is 30.2 Å². The quantitative estimate of drug-likeness (QED) is 0.781. The Balaban J connectivity index is 2.20. The third-order valence-corrected chi connectivity index (χ3v) is 3.23. The molecule has 0 bridgehead atoms. The maximum atomic E-state index is 11.9. The predicted molar refractivity (Wildman–Crippen MR) is 78.0 cm³/mol. The van der Waals surface area contributed by atoms with Crippen molar-refractivity contribution in [1.29, 1.82) is 0 Å². The fourth-order valence-electron chi connectivity index (χ4n) is 1.90. The Labute approximate surface area is 122 Å². The van der Waals surface area contributed by atoms with Gasteiger partial charge in [0, 0.05) is 38.4 Å². The molecular weight excluding hydrogens is 272 g/mol. The molecule has 0 aliphatic rings. The largest absolute Gasteiger partial charge is 0.330 e. The summed E-state index contributed by atoms with van der Waals surface area (Å²) in [6.07, 6.45) is 1.80. The summed E-state index contributed by atoms with van der Waals surface area (Å²) in [5.41, 5.74) is 0.739. The second kappa shape index (κ2) is 6.04. The van der Waals surface area contributed by atoms with Gasteiger partial charge in [0.2, 0.25) is 0 Å². The lowest BCUT2D eigenvalue weighted by Gasteiger charge is -2.08. The van der Waals surface area contributed by atoms with Crippen molar-refractivity contribution >= 4 is 0 Å². The molecule has 2 aromatic heterocycles. The van der Waals surface area contributed by atoms with E-state index in [0.29, 0.717) is 24.8 Å². The van der Waals surface area contributed by atoms with E-state index < -0.39 is 0 Å². The van der Waals surface area contributed by atoms with Gasteiger partial charge in [0.25, 0.3) is 5.56 Å². The minimum atomic E-state index is -0.348. The zero-order valence-electron chi connectivity index (χ0n) is 12.7. The summed E-state index contributed by atoms with van der Waals surface area (Å²) in [6, 6.07) is 1.81. The Morgan fingerprint density at radius 3 is 2.62 bits per heavy atom. The zero-order valence-corrected chi connectivity index (χ0v) is 12.7. The molecule has 2 aromatic rings. The van der Waals surface area contributed by atoms with Crippen LogP contribution in [-0.2, 0) is 27.2 Å². The number of nitrogens with one attached hydrogen (secondary N) is 1. The fraction of sp³-hybridized carbons (Fsp3) is 0.538. The molecule has 0 aliphatic carbocycles. The lowest BCUT2D eigenvalue weighted by molar-refractivity contribution is 0.578. The minimum Gasteiger partial charge on any atom is -0.309 e. The van der Waals surface area contributed by atoms with Gasteiger partial charge in [0.05, 0.1) is 18.4 Å². The van der Waals surface area contributed by atoms with Crippen LogP contribution in [0.5, 0.6) is 0 Å². The molecule has 0 saturated heterocycles. The zero-order chi connectivity index (χ0) is 15.6. The van der Waals surface area contributed by atoms with Crippen LogP contribution in [0, 0.1) is 0 Å². The van der Waals surface area contributed by atoms with Gasteiger partial charge in [-0.3, -0.25) is 13.9 Å². The molecule has 0 saturated carbocycles. The molecule has 0 atom stereocenters. The maximum absolute atomic E-state index is 11.9. The molecule has 8 nitrogen and oxygen atoms in total. The predicted octanol–water partition coefficient (Wildman–Crippen LogP) is -0.778. The van der Waals surface area contributed by atoms with E-state index in [1.165, 1.54) is 17.7 Å². The van der Waals surface area contributed by atoms with Crippen molar-refractivity contribution in [1.82, 2.24) is 29.4 Å².